The van der Waals surface area contributed by atoms with E-state index in [0.29, 0.717) is 0 Å². The Kier molecular flexibility index (Phi) is 5.69. The first-order valence-electron chi connectivity index (χ1n) is 8.80. The Balaban J connectivity index is 2.04. The molecule has 1 heterocycles. The standard InChI is InChI=1S/C22H21N3O3/c1-16(26)25(23-15-18-9-5-4-6-10-18)22(28-17(2)27)14-20-13-19-11-7-8-12-21(19)24(20)3/h4-15H,1-3H3/b22-14-,23-15-. The summed E-state index contributed by atoms with van der Waals surface area (Å²) in [6, 6.07) is 19.2. The number of nitrogens with zero attached hydrogens (tertiary/aromatic N) is 3. The van der Waals surface area contributed by atoms with E-state index in [2.05, 4.69) is 5.10 Å². The number of aromatic nitrogens is 1. The second-order valence-electron chi connectivity index (χ2n) is 6.25. The normalized spacial score (nSPS) is 11.8. The second-order valence-corrected chi connectivity index (χ2v) is 6.25. The third-order valence-corrected chi connectivity index (χ3v) is 4.14. The number of benzene rings is 2. The molecule has 3 aromatic rings. The number of para-hydroxylation sites is 1. The monoisotopic (exact) mass is 375 g/mol. The van der Waals surface area contributed by atoms with E-state index in [-0.39, 0.29) is 11.8 Å². The number of fused-ring (bicyclic) bond motifs is 1. The average molecular weight is 375 g/mol. The summed E-state index contributed by atoms with van der Waals surface area (Å²) in [4.78, 5) is 23.9. The topological polar surface area (TPSA) is 63.9 Å². The fourth-order valence-corrected chi connectivity index (χ4v) is 2.81. The number of esters is 1. The van der Waals surface area contributed by atoms with Crippen LogP contribution >= 0.6 is 0 Å². The SMILES string of the molecule is CC(=O)O/C(=C\c1cc2ccccc2n1C)N(/N=C\c1ccccc1)C(C)=O. The zero-order valence-corrected chi connectivity index (χ0v) is 16.0. The summed E-state index contributed by atoms with van der Waals surface area (Å²) in [7, 11) is 1.91. The largest absolute Gasteiger partial charge is 0.407 e. The molecule has 0 N–H and O–H groups in total. The van der Waals surface area contributed by atoms with Crippen molar-refractivity contribution >= 4 is 35.1 Å². The number of aryl methyl sites for hydroxylation is 1. The maximum Gasteiger partial charge on any atom is 0.309 e. The molecule has 0 radical (unpaired) electrons. The molecule has 0 aliphatic heterocycles. The zero-order chi connectivity index (χ0) is 20.1. The van der Waals surface area contributed by atoms with E-state index in [0.717, 1.165) is 27.2 Å². The Hall–Kier alpha value is -3.67. The van der Waals surface area contributed by atoms with Crippen LogP contribution in [0.1, 0.15) is 25.1 Å². The number of hydrogen-bond acceptors (Lipinski definition) is 4. The van der Waals surface area contributed by atoms with Crippen LogP contribution < -0.4 is 0 Å². The molecule has 0 atom stereocenters. The van der Waals surface area contributed by atoms with Crippen LogP contribution in [-0.2, 0) is 21.4 Å². The lowest BCUT2D eigenvalue weighted by atomic mass is 10.2. The van der Waals surface area contributed by atoms with E-state index in [1.165, 1.54) is 13.8 Å². The van der Waals surface area contributed by atoms with Crippen molar-refractivity contribution in [3.8, 4) is 0 Å². The van der Waals surface area contributed by atoms with Gasteiger partial charge in [-0.25, -0.2) is 0 Å². The molecule has 6 nitrogen and oxygen atoms in total. The minimum atomic E-state index is -0.536. The van der Waals surface area contributed by atoms with Crippen molar-refractivity contribution < 1.29 is 14.3 Å². The van der Waals surface area contributed by atoms with Gasteiger partial charge in [-0.2, -0.15) is 10.1 Å². The summed E-state index contributed by atoms with van der Waals surface area (Å²) >= 11 is 0. The molecule has 2 aromatic carbocycles. The first-order chi connectivity index (χ1) is 13.5. The number of hydrazone groups is 1. The van der Waals surface area contributed by atoms with Gasteiger partial charge in [0.05, 0.1) is 6.21 Å². The van der Waals surface area contributed by atoms with Gasteiger partial charge >= 0.3 is 5.97 Å². The number of carbonyl (C=O) groups excluding carboxylic acids is 2. The molecular weight excluding hydrogens is 354 g/mol. The average Bonchev–Trinajstić information content (AvgIpc) is 2.98. The highest BCUT2D eigenvalue weighted by Gasteiger charge is 2.18. The number of carbonyl (C=O) groups is 2. The van der Waals surface area contributed by atoms with Crippen LogP contribution in [0.15, 0.2) is 71.6 Å². The van der Waals surface area contributed by atoms with Crippen LogP contribution in [0, 0.1) is 0 Å². The van der Waals surface area contributed by atoms with Gasteiger partial charge in [0.2, 0.25) is 11.8 Å². The van der Waals surface area contributed by atoms with E-state index < -0.39 is 5.97 Å². The van der Waals surface area contributed by atoms with Crippen molar-refractivity contribution in [3.05, 3.63) is 77.8 Å². The molecule has 0 saturated carbocycles. The quantitative estimate of drug-likeness (QED) is 0.294. The molecule has 0 aliphatic rings. The summed E-state index contributed by atoms with van der Waals surface area (Å²) in [5.74, 6) is -0.872. The van der Waals surface area contributed by atoms with Crippen molar-refractivity contribution in [1.82, 2.24) is 9.58 Å². The molecule has 6 heteroatoms. The highest BCUT2D eigenvalue weighted by molar-refractivity contribution is 5.85. The number of ether oxygens (including phenoxy) is 1. The highest BCUT2D eigenvalue weighted by atomic mass is 16.6. The molecule has 1 amide bonds. The van der Waals surface area contributed by atoms with Crippen LogP contribution in [-0.4, -0.2) is 27.7 Å². The van der Waals surface area contributed by atoms with Crippen LogP contribution in [0.25, 0.3) is 17.0 Å². The van der Waals surface area contributed by atoms with Crippen LogP contribution in [0.2, 0.25) is 0 Å². The first-order valence-corrected chi connectivity index (χ1v) is 8.80. The van der Waals surface area contributed by atoms with Crippen molar-refractivity contribution in [1.29, 1.82) is 0 Å². The Labute approximate surface area is 163 Å². The van der Waals surface area contributed by atoms with Gasteiger partial charge in [-0.05, 0) is 17.7 Å². The number of rotatable bonds is 5. The predicted molar refractivity (Wildman–Crippen MR) is 109 cm³/mol. The van der Waals surface area contributed by atoms with E-state index in [9.17, 15) is 9.59 Å². The lowest BCUT2D eigenvalue weighted by Gasteiger charge is -2.17. The highest BCUT2D eigenvalue weighted by Crippen LogP contribution is 2.22. The third-order valence-electron chi connectivity index (χ3n) is 4.14. The molecule has 142 valence electrons. The first kappa shape index (κ1) is 19.1. The van der Waals surface area contributed by atoms with Crippen molar-refractivity contribution in [2.24, 2.45) is 12.1 Å². The van der Waals surface area contributed by atoms with Gasteiger partial charge in [-0.1, -0.05) is 48.5 Å². The van der Waals surface area contributed by atoms with Crippen molar-refractivity contribution in [2.45, 2.75) is 13.8 Å². The maximum atomic E-state index is 12.2. The molecule has 0 unspecified atom stereocenters. The van der Waals surface area contributed by atoms with Crippen LogP contribution in [0.3, 0.4) is 0 Å². The van der Waals surface area contributed by atoms with Gasteiger partial charge in [-0.15, -0.1) is 0 Å². The van der Waals surface area contributed by atoms with Gasteiger partial charge in [-0.3, -0.25) is 9.59 Å². The number of hydrogen-bond donors (Lipinski definition) is 0. The molecule has 0 fully saturated rings. The summed E-state index contributed by atoms with van der Waals surface area (Å²) in [5.41, 5.74) is 2.62. The molecule has 1 aromatic heterocycles. The molecule has 0 aliphatic carbocycles. The number of amides is 1. The fraction of sp³-hybridized carbons (Fsp3) is 0.136. The minimum absolute atomic E-state index is 0.0399. The minimum Gasteiger partial charge on any atom is -0.407 e. The van der Waals surface area contributed by atoms with Gasteiger partial charge in [0.1, 0.15) is 0 Å². The lowest BCUT2D eigenvalue weighted by molar-refractivity contribution is -0.142. The zero-order valence-electron chi connectivity index (χ0n) is 16.0. The fourth-order valence-electron chi connectivity index (χ4n) is 2.81. The summed E-state index contributed by atoms with van der Waals surface area (Å²) in [6.45, 7) is 2.65. The van der Waals surface area contributed by atoms with Gasteiger partial charge in [0.15, 0.2) is 0 Å². The Morgan fingerprint density at radius 1 is 1.04 bits per heavy atom. The smallest absolute Gasteiger partial charge is 0.309 e. The van der Waals surface area contributed by atoms with Gasteiger partial charge in [0.25, 0.3) is 0 Å². The Bertz CT molecular complexity index is 1070. The summed E-state index contributed by atoms with van der Waals surface area (Å²) in [6.07, 6.45) is 3.17. The Morgan fingerprint density at radius 3 is 2.36 bits per heavy atom. The predicted octanol–water partition coefficient (Wildman–Crippen LogP) is 3.92. The van der Waals surface area contributed by atoms with Crippen LogP contribution in [0.4, 0.5) is 0 Å². The Morgan fingerprint density at radius 2 is 1.71 bits per heavy atom. The molecule has 28 heavy (non-hydrogen) atoms. The van der Waals surface area contributed by atoms with E-state index in [4.69, 9.17) is 4.74 Å². The third kappa shape index (κ3) is 4.35. The maximum absolute atomic E-state index is 12.2. The second kappa shape index (κ2) is 8.35. The lowest BCUT2D eigenvalue weighted by Crippen LogP contribution is -2.25. The van der Waals surface area contributed by atoms with Gasteiger partial charge < -0.3 is 9.30 Å². The van der Waals surface area contributed by atoms with E-state index in [1.807, 2.05) is 72.3 Å². The van der Waals surface area contributed by atoms with Crippen LogP contribution in [0.5, 0.6) is 0 Å². The summed E-state index contributed by atoms with van der Waals surface area (Å²) < 4.78 is 7.27. The van der Waals surface area contributed by atoms with Gasteiger partial charge in [0, 0.05) is 43.6 Å². The molecule has 0 spiro atoms. The molecule has 0 bridgehead atoms. The molecular formula is C22H21N3O3. The molecule has 0 saturated heterocycles. The molecule has 3 rings (SSSR count). The van der Waals surface area contributed by atoms with E-state index >= 15 is 0 Å². The van der Waals surface area contributed by atoms with Crippen molar-refractivity contribution in [2.75, 3.05) is 0 Å². The van der Waals surface area contributed by atoms with E-state index in [1.54, 1.807) is 12.3 Å². The summed E-state index contributed by atoms with van der Waals surface area (Å²) in [5, 5.41) is 6.35. The van der Waals surface area contributed by atoms with Crippen molar-refractivity contribution in [3.63, 3.8) is 0 Å².